The van der Waals surface area contributed by atoms with E-state index in [0.29, 0.717) is 6.54 Å². The first kappa shape index (κ1) is 14.7. The second-order valence-corrected chi connectivity index (χ2v) is 5.21. The second kappa shape index (κ2) is 6.64. The molecule has 0 heterocycles. The van der Waals surface area contributed by atoms with Gasteiger partial charge in [-0.2, -0.15) is 0 Å². The maximum atomic E-state index is 13.3. The van der Waals surface area contributed by atoms with Crippen LogP contribution in [-0.4, -0.2) is 18.5 Å². The van der Waals surface area contributed by atoms with Gasteiger partial charge in [-0.3, -0.25) is 4.90 Å². The molecule has 2 aromatic rings. The van der Waals surface area contributed by atoms with Crippen LogP contribution in [0.3, 0.4) is 0 Å². The fourth-order valence-electron chi connectivity index (χ4n) is 2.38. The van der Waals surface area contributed by atoms with E-state index in [0.717, 1.165) is 12.1 Å². The summed E-state index contributed by atoms with van der Waals surface area (Å²) in [4.78, 5) is 2.15. The van der Waals surface area contributed by atoms with Gasteiger partial charge in [0, 0.05) is 19.1 Å². The fraction of sp³-hybridized carbons (Fsp3) is 0.294. The van der Waals surface area contributed by atoms with Gasteiger partial charge in [0.15, 0.2) is 0 Å². The Balaban J connectivity index is 2.13. The lowest BCUT2D eigenvalue weighted by atomic mass is 10.0. The highest BCUT2D eigenvalue weighted by atomic mass is 19.1. The quantitative estimate of drug-likeness (QED) is 0.905. The van der Waals surface area contributed by atoms with Gasteiger partial charge in [0.25, 0.3) is 0 Å². The molecule has 0 fully saturated rings. The van der Waals surface area contributed by atoms with E-state index in [-0.39, 0.29) is 11.9 Å². The smallest absolute Gasteiger partial charge is 0.123 e. The van der Waals surface area contributed by atoms with E-state index in [1.165, 1.54) is 17.2 Å². The van der Waals surface area contributed by atoms with Crippen molar-refractivity contribution >= 4 is 0 Å². The number of nitrogens with zero attached hydrogens (tertiary/aromatic N) is 1. The first-order valence-electron chi connectivity index (χ1n) is 6.81. The summed E-state index contributed by atoms with van der Waals surface area (Å²) >= 11 is 0. The van der Waals surface area contributed by atoms with Gasteiger partial charge in [-0.1, -0.05) is 42.0 Å². The first-order valence-corrected chi connectivity index (χ1v) is 6.81. The van der Waals surface area contributed by atoms with Crippen molar-refractivity contribution in [1.82, 2.24) is 4.90 Å². The number of hydrogen-bond donors (Lipinski definition) is 1. The summed E-state index contributed by atoms with van der Waals surface area (Å²) in [6.45, 7) is 3.33. The Bertz CT molecular complexity index is 551. The normalized spacial score (nSPS) is 12.7. The van der Waals surface area contributed by atoms with Crippen LogP contribution in [0.25, 0.3) is 0 Å². The van der Waals surface area contributed by atoms with Crippen LogP contribution in [0.5, 0.6) is 0 Å². The molecule has 2 aromatic carbocycles. The topological polar surface area (TPSA) is 29.3 Å². The largest absolute Gasteiger partial charge is 0.329 e. The third-order valence-corrected chi connectivity index (χ3v) is 3.54. The van der Waals surface area contributed by atoms with Gasteiger partial charge < -0.3 is 5.73 Å². The molecule has 0 saturated heterocycles. The minimum Gasteiger partial charge on any atom is -0.329 e. The van der Waals surface area contributed by atoms with Crippen molar-refractivity contribution in [2.24, 2.45) is 5.73 Å². The monoisotopic (exact) mass is 272 g/mol. The van der Waals surface area contributed by atoms with E-state index < -0.39 is 0 Å². The number of nitrogens with two attached hydrogens (primary N) is 1. The summed E-state index contributed by atoms with van der Waals surface area (Å²) < 4.78 is 13.3. The van der Waals surface area contributed by atoms with Crippen molar-refractivity contribution < 1.29 is 4.39 Å². The Labute approximate surface area is 120 Å². The van der Waals surface area contributed by atoms with Gasteiger partial charge in [-0.15, -0.1) is 0 Å². The van der Waals surface area contributed by atoms with Crippen molar-refractivity contribution in [3.63, 3.8) is 0 Å². The molecule has 0 radical (unpaired) electrons. The molecule has 0 bridgehead atoms. The molecule has 0 aliphatic heterocycles. The zero-order chi connectivity index (χ0) is 14.5. The Morgan fingerprint density at radius 1 is 1.15 bits per heavy atom. The lowest BCUT2D eigenvalue weighted by Gasteiger charge is -2.27. The molecule has 2 nitrogen and oxygen atoms in total. The number of hydrogen-bond acceptors (Lipinski definition) is 2. The Morgan fingerprint density at radius 3 is 2.45 bits per heavy atom. The molecular weight excluding hydrogens is 251 g/mol. The maximum Gasteiger partial charge on any atom is 0.123 e. The van der Waals surface area contributed by atoms with Crippen molar-refractivity contribution in [2.75, 3.05) is 13.6 Å². The average molecular weight is 272 g/mol. The van der Waals surface area contributed by atoms with Crippen LogP contribution in [0.15, 0.2) is 48.5 Å². The van der Waals surface area contributed by atoms with E-state index in [9.17, 15) is 4.39 Å². The average Bonchev–Trinajstić information content (AvgIpc) is 2.42. The SMILES string of the molecule is Cc1ccc(CN(C)C(CN)c2cccc(F)c2)cc1. The molecule has 20 heavy (non-hydrogen) atoms. The molecule has 2 rings (SSSR count). The number of halogens is 1. The van der Waals surface area contributed by atoms with Crippen molar-refractivity contribution in [3.05, 3.63) is 71.0 Å². The van der Waals surface area contributed by atoms with Crippen LogP contribution in [0.1, 0.15) is 22.7 Å². The van der Waals surface area contributed by atoms with E-state index in [1.807, 2.05) is 13.1 Å². The predicted molar refractivity (Wildman–Crippen MR) is 80.8 cm³/mol. The highest BCUT2D eigenvalue weighted by Crippen LogP contribution is 2.21. The molecule has 0 aliphatic rings. The summed E-state index contributed by atoms with van der Waals surface area (Å²) in [6, 6.07) is 15.1. The lowest BCUT2D eigenvalue weighted by Crippen LogP contribution is -2.30. The molecular formula is C17H21FN2. The van der Waals surface area contributed by atoms with Crippen molar-refractivity contribution in [1.29, 1.82) is 0 Å². The van der Waals surface area contributed by atoms with Gasteiger partial charge >= 0.3 is 0 Å². The van der Waals surface area contributed by atoms with Crippen LogP contribution in [-0.2, 0) is 6.54 Å². The second-order valence-electron chi connectivity index (χ2n) is 5.21. The van der Waals surface area contributed by atoms with Crippen molar-refractivity contribution in [2.45, 2.75) is 19.5 Å². The third kappa shape index (κ3) is 3.65. The summed E-state index contributed by atoms with van der Waals surface area (Å²) in [5.41, 5.74) is 9.26. The van der Waals surface area contributed by atoms with E-state index in [2.05, 4.69) is 36.1 Å². The summed E-state index contributed by atoms with van der Waals surface area (Å²) in [7, 11) is 2.02. The van der Waals surface area contributed by atoms with Crippen LogP contribution in [0.4, 0.5) is 4.39 Å². The molecule has 3 heteroatoms. The molecule has 0 amide bonds. The highest BCUT2D eigenvalue weighted by molar-refractivity contribution is 5.23. The van der Waals surface area contributed by atoms with E-state index in [4.69, 9.17) is 5.73 Å². The standard InChI is InChI=1S/C17H21FN2/c1-13-6-8-14(9-7-13)12-20(2)17(11-19)15-4-3-5-16(18)10-15/h3-10,17H,11-12,19H2,1-2H3. The van der Waals surface area contributed by atoms with Crippen LogP contribution in [0, 0.1) is 12.7 Å². The van der Waals surface area contributed by atoms with E-state index in [1.54, 1.807) is 12.1 Å². The Hall–Kier alpha value is -1.71. The molecule has 0 aromatic heterocycles. The fourth-order valence-corrected chi connectivity index (χ4v) is 2.38. The van der Waals surface area contributed by atoms with Crippen molar-refractivity contribution in [3.8, 4) is 0 Å². The van der Waals surface area contributed by atoms with Gasteiger partial charge in [-0.25, -0.2) is 4.39 Å². The lowest BCUT2D eigenvalue weighted by molar-refractivity contribution is 0.241. The minimum atomic E-state index is -0.218. The number of likely N-dealkylation sites (N-methyl/N-ethyl adjacent to an activating group) is 1. The summed E-state index contributed by atoms with van der Waals surface area (Å²) in [5.74, 6) is -0.218. The zero-order valence-electron chi connectivity index (χ0n) is 12.0. The zero-order valence-corrected chi connectivity index (χ0v) is 12.0. The Morgan fingerprint density at radius 2 is 1.85 bits per heavy atom. The van der Waals surface area contributed by atoms with Gasteiger partial charge in [0.05, 0.1) is 0 Å². The molecule has 0 spiro atoms. The third-order valence-electron chi connectivity index (χ3n) is 3.54. The van der Waals surface area contributed by atoms with E-state index >= 15 is 0 Å². The molecule has 1 atom stereocenters. The Kier molecular flexibility index (Phi) is 4.88. The molecule has 0 saturated carbocycles. The maximum absolute atomic E-state index is 13.3. The predicted octanol–water partition coefficient (Wildman–Crippen LogP) is 3.27. The van der Waals surface area contributed by atoms with Gasteiger partial charge in [0.1, 0.15) is 5.82 Å². The van der Waals surface area contributed by atoms with Crippen LogP contribution in [0.2, 0.25) is 0 Å². The van der Waals surface area contributed by atoms with Gasteiger partial charge in [0.2, 0.25) is 0 Å². The molecule has 0 aliphatic carbocycles. The first-order chi connectivity index (χ1) is 9.60. The number of benzene rings is 2. The minimum absolute atomic E-state index is 0.0204. The molecule has 1 unspecified atom stereocenters. The number of aryl methyl sites for hydroxylation is 1. The summed E-state index contributed by atoms with van der Waals surface area (Å²) in [6.07, 6.45) is 0. The van der Waals surface area contributed by atoms with Crippen LogP contribution >= 0.6 is 0 Å². The highest BCUT2D eigenvalue weighted by Gasteiger charge is 2.16. The molecule has 2 N–H and O–H groups in total. The van der Waals surface area contributed by atoms with Gasteiger partial charge in [-0.05, 0) is 37.2 Å². The van der Waals surface area contributed by atoms with Crippen LogP contribution < -0.4 is 5.73 Å². The molecule has 106 valence electrons. The number of rotatable bonds is 5. The summed E-state index contributed by atoms with van der Waals surface area (Å²) in [5, 5.41) is 0.